The number of aromatic nitrogens is 1. The lowest BCUT2D eigenvalue weighted by Gasteiger charge is -2.39. The molecular formula is C13H19BrN4O2. The summed E-state index contributed by atoms with van der Waals surface area (Å²) in [5.41, 5.74) is 6.43. The van der Waals surface area contributed by atoms with Crippen molar-refractivity contribution >= 4 is 27.4 Å². The Bertz CT molecular complexity index is 523. The highest BCUT2D eigenvalue weighted by Gasteiger charge is 2.29. The fraction of sp³-hybridized carbons (Fsp3) is 0.615. The van der Waals surface area contributed by atoms with Crippen molar-refractivity contribution in [3.8, 4) is 0 Å². The van der Waals surface area contributed by atoms with E-state index in [1.807, 2.05) is 0 Å². The smallest absolute Gasteiger partial charge is 0.291 e. The maximum Gasteiger partial charge on any atom is 0.291 e. The average molecular weight is 343 g/mol. The summed E-state index contributed by atoms with van der Waals surface area (Å²) in [6.07, 6.45) is 3.53. The topological polar surface area (TPSA) is 85.3 Å². The number of pyridine rings is 1. The molecule has 1 saturated heterocycles. The van der Waals surface area contributed by atoms with Gasteiger partial charge in [0.1, 0.15) is 12.0 Å². The molecule has 6 nitrogen and oxygen atoms in total. The molecule has 2 rings (SSSR count). The molecule has 7 heteroatoms. The zero-order valence-corrected chi connectivity index (χ0v) is 13.3. The van der Waals surface area contributed by atoms with E-state index in [-0.39, 0.29) is 5.69 Å². The first-order chi connectivity index (χ1) is 9.45. The number of nitrogens with zero attached hydrogens (tertiary/aromatic N) is 3. The summed E-state index contributed by atoms with van der Waals surface area (Å²) < 4.78 is 0.705. The Hall–Kier alpha value is -1.21. The van der Waals surface area contributed by atoms with E-state index in [1.165, 1.54) is 6.20 Å². The molecule has 20 heavy (non-hydrogen) atoms. The first-order valence-electron chi connectivity index (χ1n) is 6.71. The van der Waals surface area contributed by atoms with Crippen LogP contribution >= 0.6 is 15.9 Å². The van der Waals surface area contributed by atoms with E-state index in [4.69, 9.17) is 5.73 Å². The standard InChI is InChI=1S/C13H19BrN4O2/c1-8-3-4-10(5-15)7-17(8)13-12(14)9(2)11(6-16-13)18(19)20/h6,8,10H,3-5,7,15H2,1-2H3. The molecule has 1 aromatic heterocycles. The lowest BCUT2D eigenvalue weighted by Crippen LogP contribution is -2.44. The van der Waals surface area contributed by atoms with Gasteiger partial charge in [0, 0.05) is 18.2 Å². The molecule has 2 atom stereocenters. The fourth-order valence-electron chi connectivity index (χ4n) is 2.61. The number of hydrogen-bond donors (Lipinski definition) is 1. The van der Waals surface area contributed by atoms with Crippen LogP contribution < -0.4 is 10.6 Å². The highest BCUT2D eigenvalue weighted by Crippen LogP contribution is 2.36. The molecule has 0 radical (unpaired) electrons. The van der Waals surface area contributed by atoms with Gasteiger partial charge in [-0.3, -0.25) is 10.1 Å². The van der Waals surface area contributed by atoms with Gasteiger partial charge < -0.3 is 10.6 Å². The lowest BCUT2D eigenvalue weighted by atomic mass is 9.93. The van der Waals surface area contributed by atoms with Crippen molar-refractivity contribution in [2.45, 2.75) is 32.7 Å². The Morgan fingerprint density at radius 1 is 1.60 bits per heavy atom. The largest absolute Gasteiger partial charge is 0.353 e. The van der Waals surface area contributed by atoms with Gasteiger partial charge in [0.2, 0.25) is 0 Å². The summed E-state index contributed by atoms with van der Waals surface area (Å²) in [7, 11) is 0. The molecule has 1 fully saturated rings. The molecule has 1 aliphatic heterocycles. The first kappa shape index (κ1) is 15.2. The lowest BCUT2D eigenvalue weighted by molar-refractivity contribution is -0.385. The molecule has 1 aromatic rings. The molecule has 0 spiro atoms. The SMILES string of the molecule is Cc1c([N+](=O)[O-])cnc(N2CC(CN)CCC2C)c1Br. The second-order valence-electron chi connectivity index (χ2n) is 5.34. The molecule has 2 unspecified atom stereocenters. The molecule has 110 valence electrons. The predicted molar refractivity (Wildman–Crippen MR) is 81.9 cm³/mol. The number of nitro groups is 1. The molecule has 0 bridgehead atoms. The number of halogens is 1. The van der Waals surface area contributed by atoms with Crippen LogP contribution in [0.25, 0.3) is 0 Å². The van der Waals surface area contributed by atoms with Crippen LogP contribution in [-0.4, -0.2) is 29.0 Å². The van der Waals surface area contributed by atoms with Crippen LogP contribution in [0.1, 0.15) is 25.3 Å². The molecular weight excluding hydrogens is 324 g/mol. The zero-order valence-electron chi connectivity index (χ0n) is 11.7. The average Bonchev–Trinajstić information content (AvgIpc) is 2.42. The Morgan fingerprint density at radius 3 is 2.90 bits per heavy atom. The second kappa shape index (κ2) is 6.05. The minimum Gasteiger partial charge on any atom is -0.353 e. The van der Waals surface area contributed by atoms with Crippen LogP contribution in [0.15, 0.2) is 10.7 Å². The van der Waals surface area contributed by atoms with Crippen molar-refractivity contribution in [2.24, 2.45) is 11.7 Å². The fourth-order valence-corrected chi connectivity index (χ4v) is 3.14. The summed E-state index contributed by atoms with van der Waals surface area (Å²) in [5.74, 6) is 1.23. The summed E-state index contributed by atoms with van der Waals surface area (Å²) in [5, 5.41) is 10.9. The monoisotopic (exact) mass is 342 g/mol. The highest BCUT2D eigenvalue weighted by molar-refractivity contribution is 9.10. The highest BCUT2D eigenvalue weighted by atomic mass is 79.9. The van der Waals surface area contributed by atoms with Crippen molar-refractivity contribution in [2.75, 3.05) is 18.0 Å². The van der Waals surface area contributed by atoms with E-state index in [1.54, 1.807) is 6.92 Å². The maximum absolute atomic E-state index is 10.9. The third kappa shape index (κ3) is 2.78. The van der Waals surface area contributed by atoms with Crippen LogP contribution in [0.3, 0.4) is 0 Å². The van der Waals surface area contributed by atoms with Crippen LogP contribution in [0.4, 0.5) is 11.5 Å². The van der Waals surface area contributed by atoms with Crippen molar-refractivity contribution in [3.05, 3.63) is 26.3 Å². The summed E-state index contributed by atoms with van der Waals surface area (Å²) >= 11 is 3.46. The minimum absolute atomic E-state index is 0.0423. The maximum atomic E-state index is 10.9. The third-order valence-electron chi connectivity index (χ3n) is 4.00. The van der Waals surface area contributed by atoms with Crippen molar-refractivity contribution < 1.29 is 4.92 Å². The Balaban J connectivity index is 2.37. The van der Waals surface area contributed by atoms with Crippen LogP contribution in [0.2, 0.25) is 0 Å². The molecule has 0 aromatic carbocycles. The molecule has 0 aliphatic carbocycles. The van der Waals surface area contributed by atoms with E-state index < -0.39 is 4.92 Å². The van der Waals surface area contributed by atoms with Crippen LogP contribution in [-0.2, 0) is 0 Å². The van der Waals surface area contributed by atoms with Gasteiger partial charge in [-0.1, -0.05) is 0 Å². The van der Waals surface area contributed by atoms with E-state index in [0.717, 1.165) is 25.2 Å². The van der Waals surface area contributed by atoms with E-state index in [2.05, 4.69) is 32.7 Å². The number of hydrogen-bond acceptors (Lipinski definition) is 5. The minimum atomic E-state index is -0.404. The van der Waals surface area contributed by atoms with Gasteiger partial charge in [0.15, 0.2) is 0 Å². The second-order valence-corrected chi connectivity index (χ2v) is 6.14. The number of rotatable bonds is 3. The molecule has 2 heterocycles. The third-order valence-corrected chi connectivity index (χ3v) is 4.95. The normalized spacial score (nSPS) is 22.9. The van der Waals surface area contributed by atoms with Gasteiger partial charge in [0.25, 0.3) is 5.69 Å². The van der Waals surface area contributed by atoms with Crippen molar-refractivity contribution in [1.82, 2.24) is 4.98 Å². The van der Waals surface area contributed by atoms with Gasteiger partial charge in [0.05, 0.1) is 9.40 Å². The molecule has 0 amide bonds. The van der Waals surface area contributed by atoms with Gasteiger partial charge in [-0.2, -0.15) is 0 Å². The Morgan fingerprint density at radius 2 is 2.30 bits per heavy atom. The quantitative estimate of drug-likeness (QED) is 0.674. The van der Waals surface area contributed by atoms with E-state index in [9.17, 15) is 10.1 Å². The van der Waals surface area contributed by atoms with Crippen molar-refractivity contribution in [1.29, 1.82) is 0 Å². The van der Waals surface area contributed by atoms with Gasteiger partial charge in [-0.25, -0.2) is 4.98 Å². The van der Waals surface area contributed by atoms with Gasteiger partial charge in [-0.05, 0) is 55.1 Å². The van der Waals surface area contributed by atoms with Crippen LogP contribution in [0, 0.1) is 23.0 Å². The van der Waals surface area contributed by atoms with Gasteiger partial charge >= 0.3 is 0 Å². The van der Waals surface area contributed by atoms with E-state index >= 15 is 0 Å². The summed E-state index contributed by atoms with van der Waals surface area (Å²) in [6.45, 7) is 5.40. The Labute approximate surface area is 126 Å². The number of anilines is 1. The van der Waals surface area contributed by atoms with Crippen LogP contribution in [0.5, 0.6) is 0 Å². The summed E-state index contributed by atoms with van der Waals surface area (Å²) in [4.78, 5) is 17.0. The van der Waals surface area contributed by atoms with E-state index in [0.29, 0.717) is 28.5 Å². The number of piperidine rings is 1. The van der Waals surface area contributed by atoms with Gasteiger partial charge in [-0.15, -0.1) is 0 Å². The summed E-state index contributed by atoms with van der Waals surface area (Å²) in [6, 6.07) is 0.363. The number of nitrogens with two attached hydrogens (primary N) is 1. The Kier molecular flexibility index (Phi) is 4.59. The molecule has 0 saturated carbocycles. The molecule has 2 N–H and O–H groups in total. The molecule has 1 aliphatic rings. The predicted octanol–water partition coefficient (Wildman–Crippen LogP) is 2.62. The first-order valence-corrected chi connectivity index (χ1v) is 7.51. The zero-order chi connectivity index (χ0) is 14.9. The van der Waals surface area contributed by atoms with Crippen molar-refractivity contribution in [3.63, 3.8) is 0 Å².